The summed E-state index contributed by atoms with van der Waals surface area (Å²) < 4.78 is 0. The van der Waals surface area contributed by atoms with Gasteiger partial charge in [-0.25, -0.2) is 0 Å². The molecule has 0 radical (unpaired) electrons. The second-order valence-corrected chi connectivity index (χ2v) is 5.43. The van der Waals surface area contributed by atoms with E-state index >= 15 is 0 Å². The fraction of sp³-hybridized carbons (Fsp3) is 0.692. The van der Waals surface area contributed by atoms with Gasteiger partial charge in [-0.3, -0.25) is 9.89 Å². The molecular weight excluding hydrogens is 228 g/mol. The first-order chi connectivity index (χ1) is 8.65. The first-order valence-corrected chi connectivity index (χ1v) is 6.65. The third-order valence-electron chi connectivity index (χ3n) is 3.40. The van der Waals surface area contributed by atoms with Gasteiger partial charge in [0.25, 0.3) is 5.91 Å². The number of hydrogen-bond acceptors (Lipinski definition) is 3. The Morgan fingerprint density at radius 2 is 2.22 bits per heavy atom. The molecule has 2 rings (SSSR count). The summed E-state index contributed by atoms with van der Waals surface area (Å²) in [6, 6.07) is 1.68. The number of hydrogen-bond donors (Lipinski definition) is 2. The van der Waals surface area contributed by atoms with E-state index in [4.69, 9.17) is 0 Å². The average molecular weight is 250 g/mol. The molecule has 0 aliphatic carbocycles. The summed E-state index contributed by atoms with van der Waals surface area (Å²) in [4.78, 5) is 14.1. The van der Waals surface area contributed by atoms with Gasteiger partial charge in [0.15, 0.2) is 0 Å². The summed E-state index contributed by atoms with van der Waals surface area (Å²) >= 11 is 0. The molecule has 2 unspecified atom stereocenters. The van der Waals surface area contributed by atoms with Crippen LogP contribution in [0.5, 0.6) is 0 Å². The Hall–Kier alpha value is -1.36. The zero-order valence-corrected chi connectivity index (χ0v) is 11.1. The Kier molecular flexibility index (Phi) is 4.36. The number of nitrogens with one attached hydrogen (secondary N) is 2. The molecule has 2 atom stereocenters. The minimum Gasteiger partial charge on any atom is -0.349 e. The van der Waals surface area contributed by atoms with Crippen LogP contribution in [0, 0.1) is 11.8 Å². The van der Waals surface area contributed by atoms with Crippen LogP contribution >= 0.6 is 0 Å². The number of carbonyl (C=O) groups excluding carboxylic acids is 1. The largest absolute Gasteiger partial charge is 0.349 e. The molecule has 1 aromatic heterocycles. The van der Waals surface area contributed by atoms with Crippen molar-refractivity contribution in [2.75, 3.05) is 26.2 Å². The van der Waals surface area contributed by atoms with E-state index in [1.165, 1.54) is 6.42 Å². The summed E-state index contributed by atoms with van der Waals surface area (Å²) in [5.74, 6) is 1.44. The molecule has 18 heavy (non-hydrogen) atoms. The van der Waals surface area contributed by atoms with Crippen molar-refractivity contribution < 1.29 is 4.79 Å². The summed E-state index contributed by atoms with van der Waals surface area (Å²) in [7, 11) is 0. The molecule has 1 amide bonds. The number of aromatic nitrogens is 2. The third-order valence-corrected chi connectivity index (χ3v) is 3.40. The smallest absolute Gasteiger partial charge is 0.269 e. The van der Waals surface area contributed by atoms with Crippen LogP contribution < -0.4 is 5.32 Å². The summed E-state index contributed by atoms with van der Waals surface area (Å²) in [6.45, 7) is 8.50. The Bertz CT molecular complexity index is 366. The van der Waals surface area contributed by atoms with E-state index in [9.17, 15) is 4.79 Å². The minimum absolute atomic E-state index is 0.0781. The fourth-order valence-corrected chi connectivity index (χ4v) is 2.78. The van der Waals surface area contributed by atoms with Gasteiger partial charge in [0, 0.05) is 32.4 Å². The van der Waals surface area contributed by atoms with Crippen LogP contribution in [0.25, 0.3) is 0 Å². The van der Waals surface area contributed by atoms with Crippen LogP contribution in [-0.2, 0) is 0 Å². The Balaban J connectivity index is 1.70. The molecule has 1 saturated heterocycles. The van der Waals surface area contributed by atoms with Crippen molar-refractivity contribution in [3.8, 4) is 0 Å². The zero-order chi connectivity index (χ0) is 13.0. The predicted molar refractivity (Wildman–Crippen MR) is 70.3 cm³/mol. The van der Waals surface area contributed by atoms with Crippen molar-refractivity contribution in [2.24, 2.45) is 11.8 Å². The van der Waals surface area contributed by atoms with Crippen molar-refractivity contribution in [3.05, 3.63) is 18.0 Å². The van der Waals surface area contributed by atoms with Gasteiger partial charge in [0.1, 0.15) is 5.69 Å². The molecule has 1 aliphatic rings. The van der Waals surface area contributed by atoms with Gasteiger partial charge in [-0.15, -0.1) is 0 Å². The highest BCUT2D eigenvalue weighted by atomic mass is 16.1. The second-order valence-electron chi connectivity index (χ2n) is 5.43. The minimum atomic E-state index is -0.0781. The number of carbonyl (C=O) groups is 1. The van der Waals surface area contributed by atoms with E-state index in [0.29, 0.717) is 12.2 Å². The van der Waals surface area contributed by atoms with E-state index in [-0.39, 0.29) is 5.91 Å². The van der Waals surface area contributed by atoms with Crippen molar-refractivity contribution in [2.45, 2.75) is 20.3 Å². The van der Waals surface area contributed by atoms with Gasteiger partial charge in [-0.05, 0) is 24.3 Å². The number of likely N-dealkylation sites (tertiary alicyclic amines) is 1. The molecule has 5 heteroatoms. The first-order valence-electron chi connectivity index (χ1n) is 6.65. The van der Waals surface area contributed by atoms with Crippen LogP contribution in [-0.4, -0.2) is 47.2 Å². The number of aromatic amines is 1. The van der Waals surface area contributed by atoms with E-state index in [0.717, 1.165) is 31.5 Å². The van der Waals surface area contributed by atoms with Gasteiger partial charge < -0.3 is 10.2 Å². The maximum Gasteiger partial charge on any atom is 0.269 e. The molecule has 0 spiro atoms. The predicted octanol–water partition coefficient (Wildman–Crippen LogP) is 1.12. The van der Waals surface area contributed by atoms with Crippen molar-refractivity contribution in [3.63, 3.8) is 0 Å². The van der Waals surface area contributed by atoms with Gasteiger partial charge in [0.05, 0.1) is 0 Å². The van der Waals surface area contributed by atoms with Crippen LogP contribution in [0.4, 0.5) is 0 Å². The molecule has 1 fully saturated rings. The highest BCUT2D eigenvalue weighted by Crippen LogP contribution is 2.20. The lowest BCUT2D eigenvalue weighted by Crippen LogP contribution is -2.42. The van der Waals surface area contributed by atoms with E-state index < -0.39 is 0 Å². The van der Waals surface area contributed by atoms with Gasteiger partial charge >= 0.3 is 0 Å². The normalized spacial score (nSPS) is 25.0. The third kappa shape index (κ3) is 3.57. The average Bonchev–Trinajstić information content (AvgIpc) is 2.80. The summed E-state index contributed by atoms with van der Waals surface area (Å²) in [6.07, 6.45) is 2.90. The maximum atomic E-state index is 11.7. The monoisotopic (exact) mass is 250 g/mol. The summed E-state index contributed by atoms with van der Waals surface area (Å²) in [5.41, 5.74) is 0.524. The van der Waals surface area contributed by atoms with Crippen LogP contribution in [0.2, 0.25) is 0 Å². The standard InChI is InChI=1S/C13H22N4O/c1-10-7-11(2)9-17(8-10)6-5-14-13(18)12-3-4-15-16-12/h3-4,10-11H,5-9H2,1-2H3,(H,14,18)(H,15,16). The van der Waals surface area contributed by atoms with Gasteiger partial charge in [-0.2, -0.15) is 5.10 Å². The number of rotatable bonds is 4. The molecule has 1 aromatic rings. The van der Waals surface area contributed by atoms with Crippen molar-refractivity contribution in [1.82, 2.24) is 20.4 Å². The lowest BCUT2D eigenvalue weighted by atomic mass is 9.92. The Morgan fingerprint density at radius 1 is 1.50 bits per heavy atom. The molecule has 0 saturated carbocycles. The van der Waals surface area contributed by atoms with Crippen LogP contribution in [0.3, 0.4) is 0 Å². The number of nitrogens with zero attached hydrogens (tertiary/aromatic N) is 2. The molecule has 5 nitrogen and oxygen atoms in total. The molecular formula is C13H22N4O. The van der Waals surface area contributed by atoms with Crippen LogP contribution in [0.15, 0.2) is 12.3 Å². The molecule has 2 N–H and O–H groups in total. The number of amides is 1. The van der Waals surface area contributed by atoms with E-state index in [1.54, 1.807) is 12.3 Å². The van der Waals surface area contributed by atoms with Gasteiger partial charge in [-0.1, -0.05) is 13.8 Å². The summed E-state index contributed by atoms with van der Waals surface area (Å²) in [5, 5.41) is 9.34. The van der Waals surface area contributed by atoms with Crippen LogP contribution in [0.1, 0.15) is 30.8 Å². The van der Waals surface area contributed by atoms with Crippen molar-refractivity contribution >= 4 is 5.91 Å². The molecule has 100 valence electrons. The van der Waals surface area contributed by atoms with Gasteiger partial charge in [0.2, 0.25) is 0 Å². The first kappa shape index (κ1) is 13.1. The number of H-pyrrole nitrogens is 1. The molecule has 0 bridgehead atoms. The van der Waals surface area contributed by atoms with E-state index in [2.05, 4.69) is 34.3 Å². The second kappa shape index (κ2) is 6.00. The lowest BCUT2D eigenvalue weighted by molar-refractivity contribution is 0.0931. The topological polar surface area (TPSA) is 61.0 Å². The molecule has 2 heterocycles. The van der Waals surface area contributed by atoms with E-state index in [1.807, 2.05) is 0 Å². The Morgan fingerprint density at radius 3 is 2.83 bits per heavy atom. The zero-order valence-electron chi connectivity index (χ0n) is 11.1. The lowest BCUT2D eigenvalue weighted by Gasteiger charge is -2.34. The quantitative estimate of drug-likeness (QED) is 0.841. The highest BCUT2D eigenvalue weighted by molar-refractivity contribution is 5.92. The molecule has 1 aliphatic heterocycles. The maximum absolute atomic E-state index is 11.7. The SMILES string of the molecule is CC1CC(C)CN(CCNC(=O)c2ccn[nH]2)C1. The highest BCUT2D eigenvalue weighted by Gasteiger charge is 2.21. The fourth-order valence-electron chi connectivity index (χ4n) is 2.78. The Labute approximate surface area is 108 Å². The molecule has 0 aromatic carbocycles. The number of piperidine rings is 1. The van der Waals surface area contributed by atoms with Crippen molar-refractivity contribution in [1.29, 1.82) is 0 Å².